The summed E-state index contributed by atoms with van der Waals surface area (Å²) in [5.74, 6) is -1.81. The summed E-state index contributed by atoms with van der Waals surface area (Å²) in [4.78, 5) is 26.1. The van der Waals surface area contributed by atoms with Crippen molar-refractivity contribution in [1.29, 1.82) is 0 Å². The number of anilines is 2. The summed E-state index contributed by atoms with van der Waals surface area (Å²) in [6.07, 6.45) is -2.48. The number of nitrogens with one attached hydrogen (secondary N) is 1. The van der Waals surface area contributed by atoms with Crippen molar-refractivity contribution < 1.29 is 32.2 Å². The van der Waals surface area contributed by atoms with E-state index < -0.39 is 30.6 Å². The van der Waals surface area contributed by atoms with E-state index in [0.717, 1.165) is 43.0 Å². The van der Waals surface area contributed by atoms with Gasteiger partial charge in [-0.05, 0) is 61.4 Å². The minimum Gasteiger partial charge on any atom is -0.452 e. The van der Waals surface area contributed by atoms with Gasteiger partial charge < -0.3 is 19.7 Å². The lowest BCUT2D eigenvalue weighted by atomic mass is 10.2. The topological polar surface area (TPSA) is 67.9 Å². The van der Waals surface area contributed by atoms with Crippen LogP contribution in [0.15, 0.2) is 48.5 Å². The Bertz CT molecular complexity index is 846. The largest absolute Gasteiger partial charge is 0.573 e. The number of nitrogens with zero attached hydrogens (tertiary/aromatic N) is 1. The highest BCUT2D eigenvalue weighted by Gasteiger charge is 2.31. The van der Waals surface area contributed by atoms with Crippen LogP contribution in [0.5, 0.6) is 5.75 Å². The van der Waals surface area contributed by atoms with Gasteiger partial charge in [0.25, 0.3) is 5.91 Å². The van der Waals surface area contributed by atoms with Crippen LogP contribution in [0.25, 0.3) is 0 Å². The Balaban J connectivity index is 1.46. The molecular weight excluding hydrogens is 389 g/mol. The summed E-state index contributed by atoms with van der Waals surface area (Å²) in [6.45, 7) is 1.52. The average Bonchev–Trinajstić information content (AvgIpc) is 3.21. The molecule has 2 aromatic rings. The lowest BCUT2D eigenvalue weighted by Crippen LogP contribution is -2.21. The van der Waals surface area contributed by atoms with E-state index in [0.29, 0.717) is 5.69 Å². The minimum absolute atomic E-state index is 0.00212. The Labute approximate surface area is 165 Å². The van der Waals surface area contributed by atoms with Gasteiger partial charge in [-0.2, -0.15) is 0 Å². The molecule has 1 saturated heterocycles. The van der Waals surface area contributed by atoms with Gasteiger partial charge in [-0.3, -0.25) is 4.79 Å². The second-order valence-corrected chi connectivity index (χ2v) is 6.44. The third-order valence-electron chi connectivity index (χ3n) is 4.28. The fourth-order valence-corrected chi connectivity index (χ4v) is 2.94. The van der Waals surface area contributed by atoms with Crippen molar-refractivity contribution in [3.63, 3.8) is 0 Å². The molecule has 1 N–H and O–H groups in total. The number of esters is 1. The van der Waals surface area contributed by atoms with E-state index in [1.165, 1.54) is 12.8 Å². The summed E-state index contributed by atoms with van der Waals surface area (Å²) in [7, 11) is 0. The third-order valence-corrected chi connectivity index (χ3v) is 4.28. The molecule has 1 aliphatic rings. The molecule has 0 radical (unpaired) electrons. The summed E-state index contributed by atoms with van der Waals surface area (Å²) in [5.41, 5.74) is 1.66. The molecule has 1 amide bonds. The molecule has 0 atom stereocenters. The standard InChI is InChI=1S/C20H19F3N2O4/c21-20(22,23)29-17-9-3-14(4-10-17)19(27)28-13-18(26)24-15-5-7-16(8-6-15)25-11-1-2-12-25/h3-10H,1-2,11-13H2,(H,24,26). The minimum atomic E-state index is -4.81. The zero-order valence-corrected chi connectivity index (χ0v) is 15.4. The van der Waals surface area contributed by atoms with Crippen LogP contribution in [0, 0.1) is 0 Å². The lowest BCUT2D eigenvalue weighted by Gasteiger charge is -2.17. The van der Waals surface area contributed by atoms with Crippen LogP contribution in [0.2, 0.25) is 0 Å². The smallest absolute Gasteiger partial charge is 0.452 e. The van der Waals surface area contributed by atoms with Crippen LogP contribution < -0.4 is 15.0 Å². The molecule has 0 bridgehead atoms. The van der Waals surface area contributed by atoms with E-state index in [2.05, 4.69) is 15.0 Å². The first-order valence-corrected chi connectivity index (χ1v) is 8.98. The molecule has 1 fully saturated rings. The Kier molecular flexibility index (Phi) is 6.26. The molecular formula is C20H19F3N2O4. The Hall–Kier alpha value is -3.23. The maximum absolute atomic E-state index is 12.1. The van der Waals surface area contributed by atoms with Crippen molar-refractivity contribution in [3.05, 3.63) is 54.1 Å². The Morgan fingerprint density at radius 2 is 1.59 bits per heavy atom. The predicted octanol–water partition coefficient (Wildman–Crippen LogP) is 3.98. The molecule has 2 aromatic carbocycles. The fourth-order valence-electron chi connectivity index (χ4n) is 2.94. The van der Waals surface area contributed by atoms with E-state index in [-0.39, 0.29) is 5.56 Å². The van der Waals surface area contributed by atoms with Crippen molar-refractivity contribution in [3.8, 4) is 5.75 Å². The number of halogens is 3. The number of ether oxygens (including phenoxy) is 2. The molecule has 3 rings (SSSR count). The number of carbonyl (C=O) groups excluding carboxylic acids is 2. The van der Waals surface area contributed by atoms with E-state index in [1.807, 2.05) is 12.1 Å². The monoisotopic (exact) mass is 408 g/mol. The maximum atomic E-state index is 12.1. The highest BCUT2D eigenvalue weighted by atomic mass is 19.4. The highest BCUT2D eigenvalue weighted by Crippen LogP contribution is 2.23. The van der Waals surface area contributed by atoms with Crippen LogP contribution in [-0.2, 0) is 9.53 Å². The normalized spacial score (nSPS) is 13.8. The molecule has 0 saturated carbocycles. The van der Waals surface area contributed by atoms with Crippen LogP contribution in [0.4, 0.5) is 24.5 Å². The van der Waals surface area contributed by atoms with Crippen molar-refractivity contribution in [2.45, 2.75) is 19.2 Å². The van der Waals surface area contributed by atoms with Crippen molar-refractivity contribution in [2.75, 3.05) is 29.9 Å². The molecule has 1 aliphatic heterocycles. The molecule has 0 aromatic heterocycles. The van der Waals surface area contributed by atoms with Gasteiger partial charge in [0.2, 0.25) is 0 Å². The van der Waals surface area contributed by atoms with Gasteiger partial charge in [-0.15, -0.1) is 13.2 Å². The van der Waals surface area contributed by atoms with Gasteiger partial charge >= 0.3 is 12.3 Å². The number of rotatable bonds is 6. The quantitative estimate of drug-likeness (QED) is 0.733. The Morgan fingerprint density at radius 3 is 2.17 bits per heavy atom. The van der Waals surface area contributed by atoms with E-state index in [9.17, 15) is 22.8 Å². The zero-order valence-electron chi connectivity index (χ0n) is 15.4. The van der Waals surface area contributed by atoms with Gasteiger partial charge in [0.05, 0.1) is 5.56 Å². The van der Waals surface area contributed by atoms with Gasteiger partial charge in [-0.25, -0.2) is 4.79 Å². The number of benzene rings is 2. The van der Waals surface area contributed by atoms with Gasteiger partial charge in [0.15, 0.2) is 6.61 Å². The SMILES string of the molecule is O=C(COC(=O)c1ccc(OC(F)(F)F)cc1)Nc1ccc(N2CCCC2)cc1. The number of hydrogen-bond acceptors (Lipinski definition) is 5. The van der Waals surface area contributed by atoms with Crippen LogP contribution in [0.1, 0.15) is 23.2 Å². The van der Waals surface area contributed by atoms with Crippen molar-refractivity contribution in [2.24, 2.45) is 0 Å². The van der Waals surface area contributed by atoms with Crippen molar-refractivity contribution >= 4 is 23.3 Å². The molecule has 29 heavy (non-hydrogen) atoms. The average molecular weight is 408 g/mol. The molecule has 0 unspecified atom stereocenters. The number of amides is 1. The maximum Gasteiger partial charge on any atom is 0.573 e. The first kappa shape index (κ1) is 20.5. The predicted molar refractivity (Wildman–Crippen MR) is 99.9 cm³/mol. The van der Waals surface area contributed by atoms with Crippen LogP contribution in [0.3, 0.4) is 0 Å². The van der Waals surface area contributed by atoms with E-state index >= 15 is 0 Å². The Morgan fingerprint density at radius 1 is 0.966 bits per heavy atom. The summed E-state index contributed by atoms with van der Waals surface area (Å²) in [5, 5.41) is 2.62. The van der Waals surface area contributed by atoms with E-state index in [4.69, 9.17) is 4.74 Å². The number of hydrogen-bond donors (Lipinski definition) is 1. The second-order valence-electron chi connectivity index (χ2n) is 6.44. The molecule has 1 heterocycles. The molecule has 6 nitrogen and oxygen atoms in total. The molecule has 0 spiro atoms. The zero-order chi connectivity index (χ0) is 20.9. The van der Waals surface area contributed by atoms with Gasteiger partial charge in [0.1, 0.15) is 5.75 Å². The van der Waals surface area contributed by atoms with Crippen molar-refractivity contribution in [1.82, 2.24) is 0 Å². The summed E-state index contributed by atoms with van der Waals surface area (Å²) in [6, 6.07) is 11.6. The van der Waals surface area contributed by atoms with E-state index in [1.54, 1.807) is 12.1 Å². The van der Waals surface area contributed by atoms with Crippen LogP contribution >= 0.6 is 0 Å². The molecule has 9 heteroatoms. The number of carbonyl (C=O) groups is 2. The lowest BCUT2D eigenvalue weighted by molar-refractivity contribution is -0.274. The number of alkyl halides is 3. The van der Waals surface area contributed by atoms with Crippen LogP contribution in [-0.4, -0.2) is 37.9 Å². The third kappa shape index (κ3) is 6.13. The summed E-state index contributed by atoms with van der Waals surface area (Å²) < 4.78 is 45.0. The second kappa shape index (κ2) is 8.85. The summed E-state index contributed by atoms with van der Waals surface area (Å²) >= 11 is 0. The first-order chi connectivity index (χ1) is 13.8. The van der Waals surface area contributed by atoms with Gasteiger partial charge in [0, 0.05) is 24.5 Å². The molecule has 154 valence electrons. The fraction of sp³-hybridized carbons (Fsp3) is 0.300. The molecule has 0 aliphatic carbocycles. The first-order valence-electron chi connectivity index (χ1n) is 8.98. The van der Waals surface area contributed by atoms with Gasteiger partial charge in [-0.1, -0.05) is 0 Å². The highest BCUT2D eigenvalue weighted by molar-refractivity contribution is 5.95.